The smallest absolute Gasteiger partial charge is 0.244 e. The predicted molar refractivity (Wildman–Crippen MR) is 67.2 cm³/mol. The van der Waals surface area contributed by atoms with Crippen molar-refractivity contribution in [1.82, 2.24) is 5.32 Å². The number of hydrogen-bond donors (Lipinski definition) is 2. The van der Waals surface area contributed by atoms with Crippen molar-refractivity contribution in [1.29, 1.82) is 0 Å². The number of carbonyl (C=O) groups excluding carboxylic acids is 1. The van der Waals surface area contributed by atoms with Crippen molar-refractivity contribution < 1.29 is 13.9 Å². The van der Waals surface area contributed by atoms with Crippen LogP contribution in [0, 0.1) is 5.82 Å². The zero-order valence-electron chi connectivity index (χ0n) is 9.87. The Kier molecular flexibility index (Phi) is 4.16. The van der Waals surface area contributed by atoms with Crippen LogP contribution in [-0.2, 0) is 9.53 Å². The molecule has 4 nitrogen and oxygen atoms in total. The molecule has 0 aliphatic carbocycles. The van der Waals surface area contributed by atoms with Gasteiger partial charge in [-0.1, -0.05) is 11.6 Å². The molecule has 1 amide bonds. The summed E-state index contributed by atoms with van der Waals surface area (Å²) in [6.07, 6.45) is -0.242. The van der Waals surface area contributed by atoms with E-state index in [2.05, 4.69) is 10.6 Å². The number of ether oxygens (including phenoxy) is 1. The van der Waals surface area contributed by atoms with E-state index in [1.807, 2.05) is 0 Å². The van der Waals surface area contributed by atoms with Gasteiger partial charge in [0.25, 0.3) is 0 Å². The van der Waals surface area contributed by atoms with Crippen LogP contribution in [0.3, 0.4) is 0 Å². The van der Waals surface area contributed by atoms with Crippen molar-refractivity contribution in [2.75, 3.05) is 18.5 Å². The number of halogens is 2. The highest BCUT2D eigenvalue weighted by Crippen LogP contribution is 2.19. The zero-order valence-corrected chi connectivity index (χ0v) is 10.6. The summed E-state index contributed by atoms with van der Waals surface area (Å²) in [6, 6.07) is 3.64. The quantitative estimate of drug-likeness (QED) is 0.863. The van der Waals surface area contributed by atoms with Crippen molar-refractivity contribution in [2.45, 2.75) is 19.1 Å². The topological polar surface area (TPSA) is 50.4 Å². The fraction of sp³-hybridized carbons (Fsp3) is 0.417. The van der Waals surface area contributed by atoms with Crippen molar-refractivity contribution in [2.24, 2.45) is 0 Å². The molecule has 2 N–H and O–H groups in total. The molecule has 1 aromatic carbocycles. The van der Waals surface area contributed by atoms with E-state index in [1.54, 1.807) is 6.92 Å². The average Bonchev–Trinajstić information content (AvgIpc) is 2.33. The summed E-state index contributed by atoms with van der Waals surface area (Å²) < 4.78 is 18.9. The van der Waals surface area contributed by atoms with Crippen LogP contribution in [0.2, 0.25) is 5.02 Å². The van der Waals surface area contributed by atoms with Gasteiger partial charge in [0.05, 0.1) is 18.4 Å². The zero-order chi connectivity index (χ0) is 13.1. The molecule has 6 heteroatoms. The minimum absolute atomic E-state index is 0.115. The SMILES string of the molecule is C[C@H]1OCCN[C@@H]1C(=O)Nc1ccc(Cl)cc1F. The average molecular weight is 273 g/mol. The molecule has 1 aliphatic rings. The number of morpholine rings is 1. The number of benzene rings is 1. The van der Waals surface area contributed by atoms with Crippen LogP contribution in [0.5, 0.6) is 0 Å². The Morgan fingerprint density at radius 1 is 1.61 bits per heavy atom. The Morgan fingerprint density at radius 2 is 2.39 bits per heavy atom. The summed E-state index contributed by atoms with van der Waals surface area (Å²) in [5.41, 5.74) is 0.115. The molecule has 0 bridgehead atoms. The second-order valence-electron chi connectivity index (χ2n) is 4.12. The lowest BCUT2D eigenvalue weighted by Gasteiger charge is -2.29. The van der Waals surface area contributed by atoms with Gasteiger partial charge in [-0.3, -0.25) is 4.79 Å². The van der Waals surface area contributed by atoms with E-state index in [4.69, 9.17) is 16.3 Å². The first kappa shape index (κ1) is 13.3. The van der Waals surface area contributed by atoms with Crippen molar-refractivity contribution in [3.8, 4) is 0 Å². The lowest BCUT2D eigenvalue weighted by Crippen LogP contribution is -2.53. The maximum absolute atomic E-state index is 13.5. The van der Waals surface area contributed by atoms with E-state index in [1.165, 1.54) is 12.1 Å². The van der Waals surface area contributed by atoms with Crippen LogP contribution in [-0.4, -0.2) is 31.2 Å². The molecule has 2 atom stereocenters. The van der Waals surface area contributed by atoms with E-state index in [9.17, 15) is 9.18 Å². The minimum atomic E-state index is -0.555. The molecule has 0 unspecified atom stereocenters. The molecule has 0 radical (unpaired) electrons. The molecule has 0 aromatic heterocycles. The molecule has 1 saturated heterocycles. The monoisotopic (exact) mass is 272 g/mol. The van der Waals surface area contributed by atoms with Gasteiger partial charge >= 0.3 is 0 Å². The van der Waals surface area contributed by atoms with Gasteiger partial charge in [-0.15, -0.1) is 0 Å². The normalized spacial score (nSPS) is 23.7. The van der Waals surface area contributed by atoms with E-state index in [0.717, 1.165) is 6.07 Å². The van der Waals surface area contributed by atoms with Crippen LogP contribution in [0.4, 0.5) is 10.1 Å². The first-order chi connectivity index (χ1) is 8.58. The molecule has 2 rings (SSSR count). The van der Waals surface area contributed by atoms with Gasteiger partial charge in [0.15, 0.2) is 0 Å². The second kappa shape index (κ2) is 5.65. The van der Waals surface area contributed by atoms with Crippen LogP contribution in [0.1, 0.15) is 6.92 Å². The highest BCUT2D eigenvalue weighted by molar-refractivity contribution is 6.30. The first-order valence-corrected chi connectivity index (χ1v) is 6.06. The van der Waals surface area contributed by atoms with Crippen molar-refractivity contribution in [3.05, 3.63) is 29.0 Å². The third-order valence-corrected chi connectivity index (χ3v) is 3.02. The number of carbonyl (C=O) groups is 1. The summed E-state index contributed by atoms with van der Waals surface area (Å²) in [4.78, 5) is 12.0. The fourth-order valence-corrected chi connectivity index (χ4v) is 1.99. The van der Waals surface area contributed by atoms with Gasteiger partial charge in [0, 0.05) is 11.6 Å². The summed E-state index contributed by atoms with van der Waals surface area (Å²) >= 11 is 5.64. The van der Waals surface area contributed by atoms with Crippen LogP contribution in [0.25, 0.3) is 0 Å². The van der Waals surface area contributed by atoms with E-state index in [-0.39, 0.29) is 22.7 Å². The molecule has 0 saturated carbocycles. The summed E-state index contributed by atoms with van der Waals surface area (Å²) in [5.74, 6) is -0.872. The number of nitrogens with one attached hydrogen (secondary N) is 2. The summed E-state index contributed by atoms with van der Waals surface area (Å²) in [7, 11) is 0. The number of hydrogen-bond acceptors (Lipinski definition) is 3. The summed E-state index contributed by atoms with van der Waals surface area (Å²) in [6.45, 7) is 2.97. The molecule has 1 aliphatic heterocycles. The van der Waals surface area contributed by atoms with Crippen molar-refractivity contribution >= 4 is 23.2 Å². The molecule has 0 spiro atoms. The highest BCUT2D eigenvalue weighted by atomic mass is 35.5. The number of anilines is 1. The lowest BCUT2D eigenvalue weighted by molar-refractivity contribution is -0.123. The number of amides is 1. The first-order valence-electron chi connectivity index (χ1n) is 5.69. The Bertz CT molecular complexity index is 456. The van der Waals surface area contributed by atoms with E-state index in [0.29, 0.717) is 13.2 Å². The predicted octanol–water partition coefficient (Wildman–Crippen LogP) is 1.79. The van der Waals surface area contributed by atoms with Crippen LogP contribution in [0.15, 0.2) is 18.2 Å². The van der Waals surface area contributed by atoms with Gasteiger partial charge in [0.1, 0.15) is 11.9 Å². The Morgan fingerprint density at radius 3 is 3.06 bits per heavy atom. The lowest BCUT2D eigenvalue weighted by atomic mass is 10.1. The van der Waals surface area contributed by atoms with Crippen LogP contribution >= 0.6 is 11.6 Å². The van der Waals surface area contributed by atoms with Crippen LogP contribution < -0.4 is 10.6 Å². The molecule has 98 valence electrons. The Labute approximate surface area is 109 Å². The third kappa shape index (κ3) is 2.98. The molecular formula is C12H14ClFN2O2. The third-order valence-electron chi connectivity index (χ3n) is 2.79. The fourth-order valence-electron chi connectivity index (χ4n) is 1.83. The summed E-state index contributed by atoms with van der Waals surface area (Å²) in [5, 5.41) is 5.85. The molecular weight excluding hydrogens is 259 g/mol. The second-order valence-corrected chi connectivity index (χ2v) is 4.56. The minimum Gasteiger partial charge on any atom is -0.375 e. The number of rotatable bonds is 2. The van der Waals surface area contributed by atoms with Gasteiger partial charge in [-0.2, -0.15) is 0 Å². The van der Waals surface area contributed by atoms with Gasteiger partial charge in [-0.05, 0) is 25.1 Å². The highest BCUT2D eigenvalue weighted by Gasteiger charge is 2.28. The van der Waals surface area contributed by atoms with Gasteiger partial charge in [0.2, 0.25) is 5.91 Å². The molecule has 1 fully saturated rings. The molecule has 1 heterocycles. The van der Waals surface area contributed by atoms with Crippen molar-refractivity contribution in [3.63, 3.8) is 0 Å². The standard InChI is InChI=1S/C12H14ClFN2O2/c1-7-11(15-4-5-18-7)12(17)16-10-3-2-8(13)6-9(10)14/h2-3,6-7,11,15H,4-5H2,1H3,(H,16,17)/t7-,11+/m1/s1. The molecule has 18 heavy (non-hydrogen) atoms. The Balaban J connectivity index is 2.06. The van der Waals surface area contributed by atoms with E-state index < -0.39 is 11.9 Å². The Hall–Kier alpha value is -1.17. The van der Waals surface area contributed by atoms with Gasteiger partial charge < -0.3 is 15.4 Å². The maximum Gasteiger partial charge on any atom is 0.244 e. The van der Waals surface area contributed by atoms with E-state index >= 15 is 0 Å². The largest absolute Gasteiger partial charge is 0.375 e. The van der Waals surface area contributed by atoms with Gasteiger partial charge in [-0.25, -0.2) is 4.39 Å². The molecule has 1 aromatic rings. The maximum atomic E-state index is 13.5.